The van der Waals surface area contributed by atoms with Crippen LogP contribution >= 0.6 is 11.8 Å². The van der Waals surface area contributed by atoms with Crippen LogP contribution in [-0.2, 0) is 0 Å². The van der Waals surface area contributed by atoms with E-state index < -0.39 is 0 Å². The van der Waals surface area contributed by atoms with E-state index in [2.05, 4.69) is 31.8 Å². The Balaban J connectivity index is 2.01. The number of nitrogens with zero attached hydrogens (tertiary/aromatic N) is 3. The van der Waals surface area contributed by atoms with Gasteiger partial charge in [0.25, 0.3) is 0 Å². The molecule has 0 aliphatic heterocycles. The topological polar surface area (TPSA) is 72.0 Å². The summed E-state index contributed by atoms with van der Waals surface area (Å²) in [6.45, 7) is 3.92. The van der Waals surface area contributed by atoms with E-state index in [-0.39, 0.29) is 6.10 Å². The van der Waals surface area contributed by atoms with Crippen molar-refractivity contribution < 1.29 is 4.74 Å². The summed E-state index contributed by atoms with van der Waals surface area (Å²) >= 11 is 1.97. The smallest absolute Gasteiger partial charge is 0.323 e. The van der Waals surface area contributed by atoms with Crippen LogP contribution in [0.4, 0.5) is 11.9 Å². The first-order valence-corrected chi connectivity index (χ1v) is 8.79. The van der Waals surface area contributed by atoms with E-state index in [9.17, 15) is 0 Å². The lowest BCUT2D eigenvalue weighted by atomic mass is 9.95. The van der Waals surface area contributed by atoms with Crippen molar-refractivity contribution >= 4 is 23.7 Å². The van der Waals surface area contributed by atoms with Crippen LogP contribution in [0.15, 0.2) is 0 Å². The van der Waals surface area contributed by atoms with Crippen molar-refractivity contribution in [3.63, 3.8) is 0 Å². The van der Waals surface area contributed by atoms with Crippen molar-refractivity contribution in [3.8, 4) is 6.01 Å². The largest absolute Gasteiger partial charge is 0.461 e. The molecule has 0 amide bonds. The Labute approximate surface area is 130 Å². The molecule has 0 saturated heterocycles. The van der Waals surface area contributed by atoms with Gasteiger partial charge in [-0.2, -0.15) is 26.7 Å². The molecule has 0 atom stereocenters. The highest BCUT2D eigenvalue weighted by atomic mass is 32.2. The van der Waals surface area contributed by atoms with Gasteiger partial charge in [-0.25, -0.2) is 0 Å². The van der Waals surface area contributed by atoms with Crippen LogP contribution in [-0.4, -0.2) is 45.7 Å². The van der Waals surface area contributed by atoms with Crippen LogP contribution in [0.2, 0.25) is 0 Å². The number of rotatable bonds is 6. The summed E-state index contributed by atoms with van der Waals surface area (Å²) in [4.78, 5) is 12.9. The monoisotopic (exact) mass is 311 g/mol. The molecular weight excluding hydrogens is 286 g/mol. The molecule has 1 fully saturated rings. The van der Waals surface area contributed by atoms with Gasteiger partial charge in [0.05, 0.1) is 6.10 Å². The van der Waals surface area contributed by atoms with Crippen LogP contribution in [0.3, 0.4) is 0 Å². The van der Waals surface area contributed by atoms with E-state index in [1.54, 1.807) is 7.05 Å². The maximum Gasteiger partial charge on any atom is 0.323 e. The zero-order valence-corrected chi connectivity index (χ0v) is 14.0. The molecule has 1 heterocycles. The van der Waals surface area contributed by atoms with E-state index in [4.69, 9.17) is 4.74 Å². The fraction of sp³-hybridized carbons (Fsp3) is 0.786. The maximum absolute atomic E-state index is 5.58. The number of hydrogen-bond donors (Lipinski definition) is 2. The van der Waals surface area contributed by atoms with Gasteiger partial charge in [-0.15, -0.1) is 0 Å². The molecule has 1 aromatic rings. The third-order valence-electron chi connectivity index (χ3n) is 3.52. The first kappa shape index (κ1) is 16.1. The van der Waals surface area contributed by atoms with Crippen molar-refractivity contribution in [3.05, 3.63) is 0 Å². The summed E-state index contributed by atoms with van der Waals surface area (Å²) in [5, 5.41) is 7.17. The Bertz CT molecular complexity index is 449. The van der Waals surface area contributed by atoms with Gasteiger partial charge >= 0.3 is 6.01 Å². The molecule has 0 spiro atoms. The van der Waals surface area contributed by atoms with Gasteiger partial charge in [-0.1, -0.05) is 0 Å². The fourth-order valence-electron chi connectivity index (χ4n) is 2.42. The minimum absolute atomic E-state index is 0.0435. The van der Waals surface area contributed by atoms with Crippen molar-refractivity contribution in [1.29, 1.82) is 0 Å². The SMILES string of the molecule is CNc1nc(NC2CCC(SC)CC2)nc(OC(C)C)n1. The molecule has 118 valence electrons. The molecule has 21 heavy (non-hydrogen) atoms. The summed E-state index contributed by atoms with van der Waals surface area (Å²) in [5.74, 6) is 1.12. The highest BCUT2D eigenvalue weighted by Gasteiger charge is 2.21. The molecule has 7 heteroatoms. The Morgan fingerprint density at radius 3 is 2.33 bits per heavy atom. The number of anilines is 2. The molecule has 2 rings (SSSR count). The predicted octanol–water partition coefficient (Wildman–Crippen LogP) is 2.79. The van der Waals surface area contributed by atoms with Crippen molar-refractivity contribution in [2.45, 2.75) is 56.9 Å². The minimum Gasteiger partial charge on any atom is -0.461 e. The molecule has 1 aliphatic carbocycles. The minimum atomic E-state index is 0.0435. The van der Waals surface area contributed by atoms with E-state index in [0.29, 0.717) is 23.9 Å². The molecule has 1 aromatic heterocycles. The summed E-state index contributed by atoms with van der Waals surface area (Å²) < 4.78 is 5.58. The second-order valence-electron chi connectivity index (χ2n) is 5.54. The van der Waals surface area contributed by atoms with Gasteiger partial charge in [0, 0.05) is 18.3 Å². The molecule has 0 radical (unpaired) electrons. The van der Waals surface area contributed by atoms with E-state index in [0.717, 1.165) is 18.1 Å². The first-order valence-electron chi connectivity index (χ1n) is 7.50. The number of aromatic nitrogens is 3. The summed E-state index contributed by atoms with van der Waals surface area (Å²) in [6, 6.07) is 0.803. The standard InChI is InChI=1S/C14H25N5OS/c1-9(2)20-14-18-12(15-3)17-13(19-14)16-10-5-7-11(21-4)8-6-10/h9-11H,5-8H2,1-4H3,(H2,15,16,17,18,19). The summed E-state index contributed by atoms with van der Waals surface area (Å²) in [6.07, 6.45) is 7.05. The van der Waals surface area contributed by atoms with Gasteiger partial charge in [-0.3, -0.25) is 0 Å². The lowest BCUT2D eigenvalue weighted by Crippen LogP contribution is -2.28. The quantitative estimate of drug-likeness (QED) is 0.837. The highest BCUT2D eigenvalue weighted by Crippen LogP contribution is 2.28. The number of hydrogen-bond acceptors (Lipinski definition) is 7. The Kier molecular flexibility index (Phi) is 5.90. The van der Waals surface area contributed by atoms with Gasteiger partial charge in [0.2, 0.25) is 11.9 Å². The van der Waals surface area contributed by atoms with Crippen LogP contribution in [0.1, 0.15) is 39.5 Å². The van der Waals surface area contributed by atoms with E-state index in [1.807, 2.05) is 25.6 Å². The molecule has 0 bridgehead atoms. The average Bonchev–Trinajstić information content (AvgIpc) is 2.47. The normalized spacial score (nSPS) is 22.1. The van der Waals surface area contributed by atoms with Gasteiger partial charge < -0.3 is 15.4 Å². The van der Waals surface area contributed by atoms with Crippen molar-refractivity contribution in [2.24, 2.45) is 0 Å². The first-order chi connectivity index (χ1) is 10.1. The van der Waals surface area contributed by atoms with Crippen molar-refractivity contribution in [2.75, 3.05) is 23.9 Å². The molecule has 0 unspecified atom stereocenters. The van der Waals surface area contributed by atoms with Crippen LogP contribution < -0.4 is 15.4 Å². The molecule has 2 N–H and O–H groups in total. The summed E-state index contributed by atoms with van der Waals surface area (Å²) in [5.41, 5.74) is 0. The van der Waals surface area contributed by atoms with E-state index >= 15 is 0 Å². The Morgan fingerprint density at radius 1 is 1.10 bits per heavy atom. The predicted molar refractivity (Wildman–Crippen MR) is 88.3 cm³/mol. The van der Waals surface area contributed by atoms with Crippen molar-refractivity contribution in [1.82, 2.24) is 15.0 Å². The number of thioether (sulfide) groups is 1. The highest BCUT2D eigenvalue weighted by molar-refractivity contribution is 7.99. The zero-order chi connectivity index (χ0) is 15.2. The van der Waals surface area contributed by atoms with Gasteiger partial charge in [-0.05, 0) is 45.8 Å². The van der Waals surface area contributed by atoms with Crippen LogP contribution in [0, 0.1) is 0 Å². The second-order valence-corrected chi connectivity index (χ2v) is 6.67. The number of ether oxygens (including phenoxy) is 1. The molecule has 1 aliphatic rings. The van der Waals surface area contributed by atoms with Gasteiger partial charge in [0.15, 0.2) is 0 Å². The lowest BCUT2D eigenvalue weighted by Gasteiger charge is -2.28. The summed E-state index contributed by atoms with van der Waals surface area (Å²) in [7, 11) is 1.79. The molecule has 1 saturated carbocycles. The third kappa shape index (κ3) is 4.91. The Morgan fingerprint density at radius 2 is 1.76 bits per heavy atom. The molecule has 0 aromatic carbocycles. The van der Waals surface area contributed by atoms with E-state index in [1.165, 1.54) is 12.8 Å². The Hall–Kier alpha value is -1.24. The van der Waals surface area contributed by atoms with Crippen LogP contribution in [0.25, 0.3) is 0 Å². The third-order valence-corrected chi connectivity index (χ3v) is 4.66. The fourth-order valence-corrected chi connectivity index (χ4v) is 3.17. The van der Waals surface area contributed by atoms with Gasteiger partial charge in [0.1, 0.15) is 0 Å². The molecule has 6 nitrogen and oxygen atoms in total. The number of nitrogens with one attached hydrogen (secondary N) is 2. The van der Waals surface area contributed by atoms with Crippen LogP contribution in [0.5, 0.6) is 6.01 Å². The average molecular weight is 311 g/mol. The zero-order valence-electron chi connectivity index (χ0n) is 13.2. The molecular formula is C14H25N5OS. The maximum atomic E-state index is 5.58. The second kappa shape index (κ2) is 7.68. The lowest BCUT2D eigenvalue weighted by molar-refractivity contribution is 0.222.